The highest BCUT2D eigenvalue weighted by atomic mass is 16.5. The van der Waals surface area contributed by atoms with Gasteiger partial charge in [-0.1, -0.05) is 44.2 Å². The number of hydrogen-bond acceptors (Lipinski definition) is 3. The van der Waals surface area contributed by atoms with E-state index in [1.165, 1.54) is 16.9 Å². The molecule has 2 aromatic carbocycles. The number of aliphatic hydroxyl groups is 1. The molecule has 148 valence electrons. The number of rotatable bonds is 10. The molecule has 0 heterocycles. The van der Waals surface area contributed by atoms with Crippen LogP contribution in [-0.2, 0) is 11.2 Å². The number of nitrogens with zero attached hydrogens (tertiary/aromatic N) is 1. The highest BCUT2D eigenvalue weighted by molar-refractivity contribution is 5.62. The van der Waals surface area contributed by atoms with Gasteiger partial charge in [0.25, 0.3) is 0 Å². The molecule has 27 heavy (non-hydrogen) atoms. The van der Waals surface area contributed by atoms with Crippen LogP contribution in [-0.4, -0.2) is 30.5 Å². The second kappa shape index (κ2) is 9.91. The van der Waals surface area contributed by atoms with Gasteiger partial charge in [0.05, 0.1) is 11.7 Å². The molecule has 0 saturated heterocycles. The first-order valence-corrected chi connectivity index (χ1v) is 10.0. The van der Waals surface area contributed by atoms with Crippen LogP contribution >= 0.6 is 0 Å². The Balaban J connectivity index is 2.04. The topological polar surface area (TPSA) is 32.7 Å². The summed E-state index contributed by atoms with van der Waals surface area (Å²) in [6.07, 6.45) is 2.42. The van der Waals surface area contributed by atoms with Crippen LogP contribution in [0.4, 0.5) is 11.4 Å². The van der Waals surface area contributed by atoms with E-state index in [2.05, 4.69) is 81.2 Å². The normalized spacial score (nSPS) is 15.8. The Kier molecular flexibility index (Phi) is 7.88. The van der Waals surface area contributed by atoms with Crippen molar-refractivity contribution in [2.75, 3.05) is 18.6 Å². The lowest BCUT2D eigenvalue weighted by Gasteiger charge is -2.30. The molecule has 0 spiro atoms. The largest absolute Gasteiger partial charge is 0.393 e. The first-order valence-electron chi connectivity index (χ1n) is 10.0. The summed E-state index contributed by atoms with van der Waals surface area (Å²) in [6.45, 7) is 8.96. The van der Waals surface area contributed by atoms with E-state index in [-0.39, 0.29) is 17.6 Å². The molecule has 3 heteroatoms. The van der Waals surface area contributed by atoms with Gasteiger partial charge >= 0.3 is 0 Å². The van der Waals surface area contributed by atoms with Crippen molar-refractivity contribution in [2.24, 2.45) is 5.92 Å². The summed E-state index contributed by atoms with van der Waals surface area (Å²) < 4.78 is 6.26. The first-order chi connectivity index (χ1) is 12.8. The minimum atomic E-state index is -0.285. The van der Waals surface area contributed by atoms with E-state index in [0.717, 1.165) is 19.3 Å². The molecule has 0 aliphatic heterocycles. The molecule has 0 amide bonds. The maximum absolute atomic E-state index is 9.66. The van der Waals surface area contributed by atoms with Crippen LogP contribution in [0.15, 0.2) is 54.6 Å². The number of ether oxygens (including phenoxy) is 1. The molecule has 0 bridgehead atoms. The lowest BCUT2D eigenvalue weighted by Crippen LogP contribution is -2.32. The van der Waals surface area contributed by atoms with Gasteiger partial charge in [0.1, 0.15) is 0 Å². The smallest absolute Gasteiger partial charge is 0.0692 e. The molecule has 0 aliphatic rings. The average Bonchev–Trinajstić information content (AvgIpc) is 2.68. The minimum absolute atomic E-state index is 0.192. The quantitative estimate of drug-likeness (QED) is 0.592. The second-order valence-electron chi connectivity index (χ2n) is 7.90. The van der Waals surface area contributed by atoms with Gasteiger partial charge < -0.3 is 14.7 Å². The van der Waals surface area contributed by atoms with Crippen LogP contribution in [0.3, 0.4) is 0 Å². The van der Waals surface area contributed by atoms with E-state index in [9.17, 15) is 5.11 Å². The van der Waals surface area contributed by atoms with Crippen LogP contribution in [0.2, 0.25) is 0 Å². The van der Waals surface area contributed by atoms with E-state index in [1.807, 2.05) is 13.0 Å². The van der Waals surface area contributed by atoms with Gasteiger partial charge in [-0.15, -0.1) is 0 Å². The highest BCUT2D eigenvalue weighted by Crippen LogP contribution is 2.27. The van der Waals surface area contributed by atoms with Crippen LogP contribution in [0.5, 0.6) is 0 Å². The summed E-state index contributed by atoms with van der Waals surface area (Å²) in [6, 6.07) is 19.1. The summed E-state index contributed by atoms with van der Waals surface area (Å²) in [5.74, 6) is 0.258. The molecule has 1 N–H and O–H groups in total. The molecular formula is C24H35NO2. The number of benzene rings is 2. The molecule has 2 aromatic rings. The zero-order valence-electron chi connectivity index (χ0n) is 17.5. The molecule has 0 aromatic heterocycles. The predicted molar refractivity (Wildman–Crippen MR) is 115 cm³/mol. The fourth-order valence-corrected chi connectivity index (χ4v) is 3.12. The summed E-state index contributed by atoms with van der Waals surface area (Å²) in [4.78, 5) is 2.21. The maximum Gasteiger partial charge on any atom is 0.0692 e. The molecule has 0 aliphatic carbocycles. The molecule has 3 nitrogen and oxygen atoms in total. The first kappa shape index (κ1) is 21.5. The standard InChI is InChI=1S/C24H35NO2/c1-6-24(4,27-16-15-19(2)20(3)26)18-21-11-10-14-23(17-21)25(5)22-12-8-7-9-13-22/h7-14,17,19-20,26H,6,15-16,18H2,1-5H3. The third-order valence-corrected chi connectivity index (χ3v) is 5.61. The van der Waals surface area contributed by atoms with E-state index in [4.69, 9.17) is 4.74 Å². The summed E-state index contributed by atoms with van der Waals surface area (Å²) in [7, 11) is 2.10. The van der Waals surface area contributed by atoms with Crippen molar-refractivity contribution in [2.45, 2.75) is 58.7 Å². The predicted octanol–water partition coefficient (Wildman–Crippen LogP) is 5.59. The Morgan fingerprint density at radius 3 is 2.33 bits per heavy atom. The van der Waals surface area contributed by atoms with Crippen molar-refractivity contribution < 1.29 is 9.84 Å². The zero-order valence-corrected chi connectivity index (χ0v) is 17.5. The van der Waals surface area contributed by atoms with Crippen molar-refractivity contribution in [3.8, 4) is 0 Å². The molecule has 2 rings (SSSR count). The molecular weight excluding hydrogens is 334 g/mol. The van der Waals surface area contributed by atoms with E-state index in [0.29, 0.717) is 6.61 Å². The fraction of sp³-hybridized carbons (Fsp3) is 0.500. The van der Waals surface area contributed by atoms with Crippen molar-refractivity contribution in [1.29, 1.82) is 0 Å². The molecule has 0 radical (unpaired) electrons. The Hall–Kier alpha value is -1.84. The van der Waals surface area contributed by atoms with Crippen LogP contribution in [0.25, 0.3) is 0 Å². The minimum Gasteiger partial charge on any atom is -0.393 e. The number of hydrogen-bond donors (Lipinski definition) is 1. The Labute approximate surface area is 165 Å². The van der Waals surface area contributed by atoms with Crippen LogP contribution in [0.1, 0.15) is 46.1 Å². The van der Waals surface area contributed by atoms with E-state index < -0.39 is 0 Å². The van der Waals surface area contributed by atoms with Gasteiger partial charge in [-0.3, -0.25) is 0 Å². The Morgan fingerprint density at radius 1 is 1.04 bits per heavy atom. The van der Waals surface area contributed by atoms with Gasteiger partial charge in [-0.25, -0.2) is 0 Å². The molecule has 3 unspecified atom stereocenters. The highest BCUT2D eigenvalue weighted by Gasteiger charge is 2.24. The number of aliphatic hydroxyl groups excluding tert-OH is 1. The summed E-state index contributed by atoms with van der Waals surface area (Å²) in [5.41, 5.74) is 3.45. The second-order valence-corrected chi connectivity index (χ2v) is 7.90. The van der Waals surface area contributed by atoms with Crippen molar-refractivity contribution in [3.05, 3.63) is 60.2 Å². The third-order valence-electron chi connectivity index (χ3n) is 5.61. The SMILES string of the molecule is CCC(C)(Cc1cccc(N(C)c2ccccc2)c1)OCCC(C)C(C)O. The van der Waals surface area contributed by atoms with Crippen LogP contribution in [0, 0.1) is 5.92 Å². The monoisotopic (exact) mass is 369 g/mol. The molecule has 3 atom stereocenters. The van der Waals surface area contributed by atoms with Crippen molar-refractivity contribution in [3.63, 3.8) is 0 Å². The molecule has 0 fully saturated rings. The van der Waals surface area contributed by atoms with Gasteiger partial charge in [-0.05, 0) is 62.4 Å². The Bertz CT molecular complexity index is 686. The van der Waals surface area contributed by atoms with E-state index >= 15 is 0 Å². The molecule has 0 saturated carbocycles. The number of para-hydroxylation sites is 1. The van der Waals surface area contributed by atoms with E-state index in [1.54, 1.807) is 0 Å². The van der Waals surface area contributed by atoms with Gasteiger partial charge in [0, 0.05) is 31.5 Å². The van der Waals surface area contributed by atoms with Crippen LogP contribution < -0.4 is 4.90 Å². The maximum atomic E-state index is 9.66. The summed E-state index contributed by atoms with van der Waals surface area (Å²) >= 11 is 0. The summed E-state index contributed by atoms with van der Waals surface area (Å²) in [5, 5.41) is 9.66. The van der Waals surface area contributed by atoms with Gasteiger partial charge in [0.2, 0.25) is 0 Å². The lowest BCUT2D eigenvalue weighted by atomic mass is 9.93. The zero-order chi connectivity index (χ0) is 19.9. The van der Waals surface area contributed by atoms with Gasteiger partial charge in [-0.2, -0.15) is 0 Å². The van der Waals surface area contributed by atoms with Crippen molar-refractivity contribution >= 4 is 11.4 Å². The third kappa shape index (κ3) is 6.37. The number of anilines is 2. The van der Waals surface area contributed by atoms with Crippen molar-refractivity contribution in [1.82, 2.24) is 0 Å². The lowest BCUT2D eigenvalue weighted by molar-refractivity contribution is -0.0436. The Morgan fingerprint density at radius 2 is 1.70 bits per heavy atom. The fourth-order valence-electron chi connectivity index (χ4n) is 3.12. The van der Waals surface area contributed by atoms with Gasteiger partial charge in [0.15, 0.2) is 0 Å². The average molecular weight is 370 g/mol.